The summed E-state index contributed by atoms with van der Waals surface area (Å²) in [4.78, 5) is 3.14. The molecule has 3 nitrogen and oxygen atoms in total. The number of aromatic amines is 1. The number of benzene rings is 1. The molecule has 0 spiro atoms. The Balaban J connectivity index is 2.17. The van der Waals surface area contributed by atoms with Gasteiger partial charge >= 0.3 is 0 Å². The highest BCUT2D eigenvalue weighted by Crippen LogP contribution is 2.31. The van der Waals surface area contributed by atoms with E-state index in [9.17, 15) is 0 Å². The van der Waals surface area contributed by atoms with Gasteiger partial charge in [0.15, 0.2) is 0 Å². The predicted octanol–water partition coefficient (Wildman–Crippen LogP) is 3.60. The van der Waals surface area contributed by atoms with Gasteiger partial charge in [0.25, 0.3) is 0 Å². The standard InChI is InChI=1S/C13H15ClN2O/c1-9-6-12(13(17-2)7-11(9)14)16-8-10-4-3-5-15-10/h3-7,15-16H,8H2,1-2H3. The summed E-state index contributed by atoms with van der Waals surface area (Å²) in [5, 5.41) is 4.03. The number of hydrogen-bond acceptors (Lipinski definition) is 2. The topological polar surface area (TPSA) is 37.0 Å². The van der Waals surface area contributed by atoms with Gasteiger partial charge in [-0.2, -0.15) is 0 Å². The number of hydrogen-bond donors (Lipinski definition) is 2. The van der Waals surface area contributed by atoms with Crippen LogP contribution >= 0.6 is 11.6 Å². The lowest BCUT2D eigenvalue weighted by Gasteiger charge is -2.12. The number of H-pyrrole nitrogens is 1. The molecule has 0 unspecified atom stereocenters. The molecule has 0 aliphatic rings. The van der Waals surface area contributed by atoms with Gasteiger partial charge in [-0.05, 0) is 30.7 Å². The van der Waals surface area contributed by atoms with Gasteiger partial charge in [0.05, 0.1) is 19.3 Å². The molecule has 0 aliphatic heterocycles. The van der Waals surface area contributed by atoms with Gasteiger partial charge < -0.3 is 15.0 Å². The highest BCUT2D eigenvalue weighted by Gasteiger charge is 2.06. The summed E-state index contributed by atoms with van der Waals surface area (Å²) in [7, 11) is 1.64. The zero-order chi connectivity index (χ0) is 12.3. The number of aryl methyl sites for hydroxylation is 1. The molecule has 0 atom stereocenters. The minimum atomic E-state index is 0.715. The summed E-state index contributed by atoms with van der Waals surface area (Å²) < 4.78 is 5.29. The van der Waals surface area contributed by atoms with Crippen molar-refractivity contribution in [3.8, 4) is 5.75 Å². The molecule has 1 heterocycles. The molecule has 17 heavy (non-hydrogen) atoms. The molecule has 0 aliphatic carbocycles. The van der Waals surface area contributed by atoms with Crippen LogP contribution in [0.1, 0.15) is 11.3 Å². The lowest BCUT2D eigenvalue weighted by atomic mass is 10.2. The zero-order valence-corrected chi connectivity index (χ0v) is 10.6. The van der Waals surface area contributed by atoms with Gasteiger partial charge in [0, 0.05) is 23.0 Å². The van der Waals surface area contributed by atoms with E-state index in [4.69, 9.17) is 16.3 Å². The maximum absolute atomic E-state index is 6.05. The maximum Gasteiger partial charge on any atom is 0.143 e. The monoisotopic (exact) mass is 250 g/mol. The number of anilines is 1. The van der Waals surface area contributed by atoms with Crippen molar-refractivity contribution in [3.63, 3.8) is 0 Å². The Labute approximate surface area is 106 Å². The average molecular weight is 251 g/mol. The van der Waals surface area contributed by atoms with Crippen molar-refractivity contribution in [1.29, 1.82) is 0 Å². The van der Waals surface area contributed by atoms with Gasteiger partial charge in [0.2, 0.25) is 0 Å². The molecule has 2 N–H and O–H groups in total. The molecular weight excluding hydrogens is 236 g/mol. The normalized spacial score (nSPS) is 10.3. The quantitative estimate of drug-likeness (QED) is 0.870. The molecule has 0 saturated heterocycles. The van der Waals surface area contributed by atoms with Crippen LogP contribution in [0.4, 0.5) is 5.69 Å². The molecule has 2 rings (SSSR count). The van der Waals surface area contributed by atoms with Gasteiger partial charge in [-0.15, -0.1) is 0 Å². The molecule has 0 amide bonds. The van der Waals surface area contributed by atoms with Crippen LogP contribution in [0.15, 0.2) is 30.5 Å². The number of methoxy groups -OCH3 is 1. The average Bonchev–Trinajstić information content (AvgIpc) is 2.83. The number of aromatic nitrogens is 1. The van der Waals surface area contributed by atoms with Gasteiger partial charge in [-0.25, -0.2) is 0 Å². The van der Waals surface area contributed by atoms with Crippen molar-refractivity contribution in [2.24, 2.45) is 0 Å². The van der Waals surface area contributed by atoms with E-state index in [2.05, 4.69) is 10.3 Å². The Morgan fingerprint density at radius 1 is 1.41 bits per heavy atom. The Kier molecular flexibility index (Phi) is 3.59. The van der Waals surface area contributed by atoms with Gasteiger partial charge in [-0.1, -0.05) is 11.6 Å². The van der Waals surface area contributed by atoms with E-state index in [1.54, 1.807) is 7.11 Å². The van der Waals surface area contributed by atoms with Crippen molar-refractivity contribution < 1.29 is 4.74 Å². The minimum absolute atomic E-state index is 0.715. The Morgan fingerprint density at radius 3 is 2.88 bits per heavy atom. The molecule has 90 valence electrons. The highest BCUT2D eigenvalue weighted by atomic mass is 35.5. The summed E-state index contributed by atoms with van der Waals surface area (Å²) in [6, 6.07) is 7.82. The van der Waals surface area contributed by atoms with Crippen molar-refractivity contribution in [1.82, 2.24) is 4.98 Å². The summed E-state index contributed by atoms with van der Waals surface area (Å²) in [6.07, 6.45) is 1.90. The highest BCUT2D eigenvalue weighted by molar-refractivity contribution is 6.31. The number of nitrogens with one attached hydrogen (secondary N) is 2. The number of halogens is 1. The summed E-state index contributed by atoms with van der Waals surface area (Å²) in [5.74, 6) is 0.757. The third kappa shape index (κ3) is 2.74. The first-order valence-corrected chi connectivity index (χ1v) is 5.79. The molecule has 0 bridgehead atoms. The van der Waals surface area contributed by atoms with Gasteiger partial charge in [-0.3, -0.25) is 0 Å². The fourth-order valence-corrected chi connectivity index (χ4v) is 1.79. The van der Waals surface area contributed by atoms with Crippen molar-refractivity contribution in [2.75, 3.05) is 12.4 Å². The summed E-state index contributed by atoms with van der Waals surface area (Å²) >= 11 is 6.05. The molecule has 0 fully saturated rings. The number of ether oxygens (including phenoxy) is 1. The lowest BCUT2D eigenvalue weighted by Crippen LogP contribution is -2.02. The first-order chi connectivity index (χ1) is 8.20. The van der Waals surface area contributed by atoms with Crippen LogP contribution in [0.3, 0.4) is 0 Å². The zero-order valence-electron chi connectivity index (χ0n) is 9.88. The smallest absolute Gasteiger partial charge is 0.143 e. The van der Waals surface area contributed by atoms with E-state index in [0.717, 1.165) is 29.2 Å². The van der Waals surface area contributed by atoms with Crippen molar-refractivity contribution in [3.05, 3.63) is 46.7 Å². The third-order valence-electron chi connectivity index (χ3n) is 2.61. The Morgan fingerprint density at radius 2 is 2.24 bits per heavy atom. The third-order valence-corrected chi connectivity index (χ3v) is 3.02. The minimum Gasteiger partial charge on any atom is -0.495 e. The van der Waals surface area contributed by atoms with Crippen LogP contribution in [0.5, 0.6) is 5.75 Å². The van der Waals surface area contributed by atoms with E-state index in [-0.39, 0.29) is 0 Å². The SMILES string of the molecule is COc1cc(Cl)c(C)cc1NCc1ccc[nH]1. The molecule has 1 aromatic carbocycles. The largest absolute Gasteiger partial charge is 0.495 e. The molecule has 4 heteroatoms. The molecular formula is C13H15ClN2O. The van der Waals surface area contributed by atoms with Crippen molar-refractivity contribution >= 4 is 17.3 Å². The van der Waals surface area contributed by atoms with Crippen LogP contribution in [0, 0.1) is 6.92 Å². The summed E-state index contributed by atoms with van der Waals surface area (Å²) in [6.45, 7) is 2.70. The molecule has 1 aromatic heterocycles. The van der Waals surface area contributed by atoms with Crippen molar-refractivity contribution in [2.45, 2.75) is 13.5 Å². The fraction of sp³-hybridized carbons (Fsp3) is 0.231. The summed E-state index contributed by atoms with van der Waals surface area (Å²) in [5.41, 5.74) is 3.10. The lowest BCUT2D eigenvalue weighted by molar-refractivity contribution is 0.416. The van der Waals surface area contributed by atoms with E-state index in [0.29, 0.717) is 5.02 Å². The first-order valence-electron chi connectivity index (χ1n) is 5.41. The van der Waals surface area contributed by atoms with E-state index >= 15 is 0 Å². The van der Waals surface area contributed by atoms with Gasteiger partial charge in [0.1, 0.15) is 5.75 Å². The van der Waals surface area contributed by atoms with Crippen LogP contribution < -0.4 is 10.1 Å². The van der Waals surface area contributed by atoms with E-state index < -0.39 is 0 Å². The van der Waals surface area contributed by atoms with Crippen LogP contribution in [0.2, 0.25) is 5.02 Å². The predicted molar refractivity (Wildman–Crippen MR) is 70.9 cm³/mol. The Bertz CT molecular complexity index is 494. The second-order valence-electron chi connectivity index (χ2n) is 3.85. The van der Waals surface area contributed by atoms with Crippen LogP contribution in [-0.4, -0.2) is 12.1 Å². The Hall–Kier alpha value is -1.61. The molecule has 0 saturated carbocycles. The van der Waals surface area contributed by atoms with Crippen LogP contribution in [-0.2, 0) is 6.54 Å². The second kappa shape index (κ2) is 5.15. The van der Waals surface area contributed by atoms with E-state index in [1.165, 1.54) is 0 Å². The number of rotatable bonds is 4. The first kappa shape index (κ1) is 11.9. The maximum atomic E-state index is 6.05. The van der Waals surface area contributed by atoms with Crippen LogP contribution in [0.25, 0.3) is 0 Å². The molecule has 2 aromatic rings. The van der Waals surface area contributed by atoms with E-state index in [1.807, 2.05) is 37.4 Å². The second-order valence-corrected chi connectivity index (χ2v) is 4.26. The molecule has 0 radical (unpaired) electrons. The fourth-order valence-electron chi connectivity index (χ4n) is 1.64.